The Morgan fingerprint density at radius 2 is 1.55 bits per heavy atom. The van der Waals surface area contributed by atoms with Crippen LogP contribution < -0.4 is 11.1 Å². The number of rotatable bonds is 12. The fourth-order valence-electron chi connectivity index (χ4n) is 6.11. The van der Waals surface area contributed by atoms with Gasteiger partial charge in [0, 0.05) is 12.1 Å². The van der Waals surface area contributed by atoms with Crippen LogP contribution >= 0.6 is 0 Å². The van der Waals surface area contributed by atoms with Crippen molar-refractivity contribution >= 4 is 40.4 Å². The summed E-state index contributed by atoms with van der Waals surface area (Å²) in [6, 6.07) is 26.1. The summed E-state index contributed by atoms with van der Waals surface area (Å²) in [5.41, 5.74) is 7.64. The van der Waals surface area contributed by atoms with Crippen LogP contribution in [0, 0.1) is 11.3 Å². The molecular formula is C37H39N5O5. The van der Waals surface area contributed by atoms with E-state index in [4.69, 9.17) is 11.1 Å². The van der Waals surface area contributed by atoms with E-state index >= 15 is 0 Å². The normalized spacial score (nSPS) is 16.9. The molecule has 1 aliphatic rings. The lowest BCUT2D eigenvalue weighted by Gasteiger charge is -2.32. The van der Waals surface area contributed by atoms with Crippen molar-refractivity contribution in [3.8, 4) is 0 Å². The maximum Gasteiger partial charge on any atom is 0.328 e. The summed E-state index contributed by atoms with van der Waals surface area (Å²) in [6.45, 7) is 5.35. The van der Waals surface area contributed by atoms with E-state index in [1.54, 1.807) is 43.3 Å². The molecule has 0 aliphatic carbocycles. The Morgan fingerprint density at radius 1 is 0.915 bits per heavy atom. The minimum Gasteiger partial charge on any atom is -0.481 e. The number of imide groups is 1. The molecule has 1 fully saturated rings. The van der Waals surface area contributed by atoms with Crippen LogP contribution in [-0.2, 0) is 32.9 Å². The van der Waals surface area contributed by atoms with Crippen LogP contribution in [0.25, 0.3) is 10.8 Å². The highest BCUT2D eigenvalue weighted by Gasteiger charge is 2.55. The van der Waals surface area contributed by atoms with Gasteiger partial charge in [0.15, 0.2) is 0 Å². The molecule has 5 N–H and O–H groups in total. The largest absolute Gasteiger partial charge is 0.481 e. The number of carboxylic acid groups (broad SMARTS) is 1. The Morgan fingerprint density at radius 3 is 2.17 bits per heavy atom. The quantitative estimate of drug-likeness (QED) is 0.0938. The van der Waals surface area contributed by atoms with Crippen LogP contribution in [0.3, 0.4) is 0 Å². The Bertz CT molecular complexity index is 1840. The molecule has 2 atom stereocenters. The number of amidine groups is 1. The van der Waals surface area contributed by atoms with Crippen LogP contribution in [-0.4, -0.2) is 51.1 Å². The van der Waals surface area contributed by atoms with E-state index < -0.39 is 41.9 Å². The molecule has 4 aromatic carbocycles. The summed E-state index contributed by atoms with van der Waals surface area (Å²) in [5.74, 6) is -2.04. The molecule has 10 heteroatoms. The lowest BCUT2D eigenvalue weighted by molar-refractivity contribution is -0.139. The number of nitrogens with two attached hydrogens (primary N) is 1. The number of nitrogen functional groups attached to an aromatic ring is 1. The van der Waals surface area contributed by atoms with E-state index in [2.05, 4.69) is 19.2 Å². The highest BCUT2D eigenvalue weighted by atomic mass is 16.4. The van der Waals surface area contributed by atoms with Gasteiger partial charge in [0.2, 0.25) is 5.91 Å². The van der Waals surface area contributed by atoms with E-state index in [1.807, 2.05) is 54.6 Å². The first kappa shape index (κ1) is 32.9. The Balaban J connectivity index is 1.43. The third kappa shape index (κ3) is 7.01. The van der Waals surface area contributed by atoms with Crippen molar-refractivity contribution < 1.29 is 24.3 Å². The van der Waals surface area contributed by atoms with Crippen molar-refractivity contribution in [3.63, 3.8) is 0 Å². The number of hydrogen-bond donors (Lipinski definition) is 4. The van der Waals surface area contributed by atoms with E-state index in [0.29, 0.717) is 22.6 Å². The minimum atomic E-state index is -1.48. The van der Waals surface area contributed by atoms with Crippen LogP contribution in [0.15, 0.2) is 91.0 Å². The molecule has 242 valence electrons. The second kappa shape index (κ2) is 13.5. The molecule has 4 aromatic rings. The van der Waals surface area contributed by atoms with Gasteiger partial charge in [-0.2, -0.15) is 0 Å². The molecule has 5 rings (SSSR count). The van der Waals surface area contributed by atoms with Crippen LogP contribution in [0.2, 0.25) is 0 Å². The first-order valence-electron chi connectivity index (χ1n) is 15.5. The van der Waals surface area contributed by atoms with Crippen molar-refractivity contribution in [1.82, 2.24) is 15.1 Å². The number of carbonyl (C=O) groups is 4. The highest BCUT2D eigenvalue weighted by Crippen LogP contribution is 2.39. The van der Waals surface area contributed by atoms with Crippen LogP contribution in [0.1, 0.15) is 61.1 Å². The van der Waals surface area contributed by atoms with Gasteiger partial charge in [0.25, 0.3) is 5.91 Å². The maximum atomic E-state index is 14.2. The number of nitrogens with one attached hydrogen (secondary N) is 2. The predicted octanol–water partition coefficient (Wildman–Crippen LogP) is 5.33. The van der Waals surface area contributed by atoms with E-state index in [0.717, 1.165) is 33.2 Å². The van der Waals surface area contributed by atoms with E-state index in [1.165, 1.54) is 4.90 Å². The summed E-state index contributed by atoms with van der Waals surface area (Å²) in [6.07, 6.45) is 0.493. The van der Waals surface area contributed by atoms with Gasteiger partial charge in [-0.1, -0.05) is 98.8 Å². The second-order valence-corrected chi connectivity index (χ2v) is 12.6. The Labute approximate surface area is 273 Å². The van der Waals surface area contributed by atoms with Crippen molar-refractivity contribution in [3.05, 3.63) is 119 Å². The Kier molecular flexibility index (Phi) is 9.41. The fraction of sp³-hybridized carbons (Fsp3) is 0.270. The van der Waals surface area contributed by atoms with Gasteiger partial charge in [-0.05, 0) is 58.4 Å². The minimum absolute atomic E-state index is 0.0862. The van der Waals surface area contributed by atoms with E-state index in [-0.39, 0.29) is 18.8 Å². The molecule has 4 amide bonds. The summed E-state index contributed by atoms with van der Waals surface area (Å²) < 4.78 is 0. The molecular weight excluding hydrogens is 594 g/mol. The van der Waals surface area contributed by atoms with Crippen LogP contribution in [0.5, 0.6) is 0 Å². The van der Waals surface area contributed by atoms with Crippen molar-refractivity contribution in [2.45, 2.75) is 51.7 Å². The van der Waals surface area contributed by atoms with E-state index in [9.17, 15) is 24.3 Å². The molecule has 0 spiro atoms. The number of aliphatic carboxylic acids is 1. The fourth-order valence-corrected chi connectivity index (χ4v) is 6.11. The average Bonchev–Trinajstić information content (AvgIpc) is 3.21. The number of carbonyl (C=O) groups excluding carboxylic acids is 3. The first-order valence-corrected chi connectivity index (χ1v) is 15.5. The third-order valence-electron chi connectivity index (χ3n) is 8.62. The van der Waals surface area contributed by atoms with Crippen molar-refractivity contribution in [2.24, 2.45) is 11.7 Å². The van der Waals surface area contributed by atoms with Crippen molar-refractivity contribution in [2.75, 3.05) is 6.54 Å². The first-order chi connectivity index (χ1) is 22.4. The van der Waals surface area contributed by atoms with Gasteiger partial charge in [0.05, 0.1) is 12.5 Å². The maximum absolute atomic E-state index is 14.2. The summed E-state index contributed by atoms with van der Waals surface area (Å²) in [4.78, 5) is 55.8. The number of carboxylic acids is 1. The molecule has 0 bridgehead atoms. The second-order valence-electron chi connectivity index (χ2n) is 12.6. The van der Waals surface area contributed by atoms with Crippen LogP contribution in [0.4, 0.5) is 4.79 Å². The lowest BCUT2D eigenvalue weighted by atomic mass is 9.89. The highest BCUT2D eigenvalue weighted by molar-refractivity contribution is 6.09. The van der Waals surface area contributed by atoms with Gasteiger partial charge in [-0.3, -0.25) is 24.7 Å². The SMILES string of the molecule is CC(C)Cc1ccc(C(CC(=O)O)NC(=O)CN2C(=O)N(Cc3ccc4ccccc4c3)C(C)(c3ccc(C(=N)N)cc3)C2=O)cc1. The summed E-state index contributed by atoms with van der Waals surface area (Å²) in [7, 11) is 0. The zero-order chi connectivity index (χ0) is 33.9. The Hall–Kier alpha value is -5.51. The molecule has 0 saturated carbocycles. The lowest BCUT2D eigenvalue weighted by Crippen LogP contribution is -2.44. The monoisotopic (exact) mass is 633 g/mol. The number of benzene rings is 4. The number of fused-ring (bicyclic) bond motifs is 1. The topological polar surface area (TPSA) is 157 Å². The molecule has 47 heavy (non-hydrogen) atoms. The number of hydrogen-bond acceptors (Lipinski definition) is 5. The molecule has 1 heterocycles. The number of urea groups is 1. The zero-order valence-electron chi connectivity index (χ0n) is 26.7. The molecule has 0 aromatic heterocycles. The standard InChI is InChI=1S/C37H39N5O5/c1-23(2)18-24-8-12-27(13-9-24)31(20-33(44)45)40-32(43)22-41-35(46)37(3,30-16-14-28(15-17-30)34(38)39)42(36(41)47)21-25-10-11-26-6-4-5-7-29(26)19-25/h4-17,19,23,31H,18,20-22H2,1-3H3,(H3,38,39)(H,40,43)(H,44,45). The number of nitrogens with zero attached hydrogens (tertiary/aromatic N) is 2. The molecule has 1 saturated heterocycles. The zero-order valence-corrected chi connectivity index (χ0v) is 26.7. The molecule has 2 unspecified atom stereocenters. The predicted molar refractivity (Wildman–Crippen MR) is 180 cm³/mol. The number of amides is 4. The average molecular weight is 634 g/mol. The molecule has 1 aliphatic heterocycles. The smallest absolute Gasteiger partial charge is 0.328 e. The third-order valence-corrected chi connectivity index (χ3v) is 8.62. The van der Waals surface area contributed by atoms with Gasteiger partial charge in [0.1, 0.15) is 17.9 Å². The summed E-state index contributed by atoms with van der Waals surface area (Å²) in [5, 5.41) is 22.1. The molecule has 10 nitrogen and oxygen atoms in total. The van der Waals surface area contributed by atoms with Gasteiger partial charge in [-0.25, -0.2) is 4.79 Å². The van der Waals surface area contributed by atoms with Crippen molar-refractivity contribution in [1.29, 1.82) is 5.41 Å². The summed E-state index contributed by atoms with van der Waals surface area (Å²) >= 11 is 0. The molecule has 0 radical (unpaired) electrons. The van der Waals surface area contributed by atoms with Gasteiger partial charge in [-0.15, -0.1) is 0 Å². The van der Waals surface area contributed by atoms with Gasteiger partial charge < -0.3 is 21.1 Å². The van der Waals surface area contributed by atoms with Gasteiger partial charge >= 0.3 is 12.0 Å².